The smallest absolute Gasteiger partial charge is 0.232 e. The second kappa shape index (κ2) is 3.98. The number of thioether (sulfide) groups is 1. The van der Waals surface area contributed by atoms with Crippen molar-refractivity contribution < 1.29 is 0 Å². The Morgan fingerprint density at radius 3 is 2.50 bits per heavy atom. The zero-order valence-electron chi connectivity index (χ0n) is 7.60. The molecule has 0 fully saturated rings. The molecule has 72 valence electrons. The van der Waals surface area contributed by atoms with Gasteiger partial charge in [0.05, 0.1) is 0 Å². The van der Waals surface area contributed by atoms with Gasteiger partial charge >= 0.3 is 0 Å². The number of aromatic nitrogens is 2. The van der Waals surface area contributed by atoms with Gasteiger partial charge in [0, 0.05) is 10.5 Å². The molecular weight excluding hydrogens is 214 g/mol. The summed E-state index contributed by atoms with van der Waals surface area (Å²) >= 11 is 3.04. The highest BCUT2D eigenvalue weighted by Crippen LogP contribution is 2.24. The van der Waals surface area contributed by atoms with E-state index in [-0.39, 0.29) is 0 Å². The summed E-state index contributed by atoms with van der Waals surface area (Å²) < 4.78 is 3.94. The largest absolute Gasteiger partial charge is 0.367 e. The Kier molecular flexibility index (Phi) is 2.69. The summed E-state index contributed by atoms with van der Waals surface area (Å²) in [4.78, 5) is 5.36. The summed E-state index contributed by atoms with van der Waals surface area (Å²) in [5.41, 5.74) is 6.52. The topological polar surface area (TPSA) is 51.8 Å². The Hall–Kier alpha value is -1.07. The van der Waals surface area contributed by atoms with Crippen molar-refractivity contribution in [3.63, 3.8) is 0 Å². The molecule has 0 bridgehead atoms. The molecule has 0 spiro atoms. The minimum Gasteiger partial charge on any atom is -0.367 e. The van der Waals surface area contributed by atoms with E-state index in [2.05, 4.69) is 27.7 Å². The monoisotopic (exact) mass is 223 g/mol. The van der Waals surface area contributed by atoms with Gasteiger partial charge in [-0.2, -0.15) is 9.36 Å². The first-order chi connectivity index (χ1) is 6.79. The molecule has 0 atom stereocenters. The Morgan fingerprint density at radius 2 is 2.00 bits per heavy atom. The summed E-state index contributed by atoms with van der Waals surface area (Å²) in [6.45, 7) is 0. The molecule has 0 amide bonds. The number of rotatable bonds is 2. The van der Waals surface area contributed by atoms with Crippen LogP contribution in [0, 0.1) is 0 Å². The average Bonchev–Trinajstić information content (AvgIpc) is 2.65. The zero-order chi connectivity index (χ0) is 9.97. The lowest BCUT2D eigenvalue weighted by molar-refractivity contribution is 1.33. The molecule has 1 aromatic heterocycles. The summed E-state index contributed by atoms with van der Waals surface area (Å²) in [6.07, 6.45) is 2.05. The number of hydrogen-bond acceptors (Lipinski definition) is 5. The number of hydrogen-bond donors (Lipinski definition) is 1. The number of nitrogen functional groups attached to an aromatic ring is 1. The third-order valence-corrected chi connectivity index (χ3v) is 3.30. The lowest BCUT2D eigenvalue weighted by Crippen LogP contribution is -1.85. The SMILES string of the molecule is CSc1ccc(-c2nc(N)ns2)cc1. The van der Waals surface area contributed by atoms with Crippen LogP contribution in [0.4, 0.5) is 5.95 Å². The molecule has 0 aliphatic heterocycles. The van der Waals surface area contributed by atoms with E-state index in [0.717, 1.165) is 10.6 Å². The second-order valence-electron chi connectivity index (χ2n) is 2.69. The highest BCUT2D eigenvalue weighted by molar-refractivity contribution is 7.98. The molecule has 1 aromatic carbocycles. The lowest BCUT2D eigenvalue weighted by atomic mass is 10.2. The van der Waals surface area contributed by atoms with Crippen LogP contribution in [0.2, 0.25) is 0 Å². The van der Waals surface area contributed by atoms with Gasteiger partial charge in [-0.3, -0.25) is 0 Å². The first kappa shape index (κ1) is 9.48. The fraction of sp³-hybridized carbons (Fsp3) is 0.111. The normalized spacial score (nSPS) is 10.4. The third-order valence-electron chi connectivity index (χ3n) is 1.78. The Balaban J connectivity index is 2.33. The van der Waals surface area contributed by atoms with Gasteiger partial charge < -0.3 is 5.73 Å². The molecule has 14 heavy (non-hydrogen) atoms. The predicted molar refractivity (Wildman–Crippen MR) is 61.5 cm³/mol. The lowest BCUT2D eigenvalue weighted by Gasteiger charge is -1.97. The minimum atomic E-state index is 0.346. The van der Waals surface area contributed by atoms with E-state index >= 15 is 0 Å². The summed E-state index contributed by atoms with van der Waals surface area (Å²) in [5, 5.41) is 0.871. The maximum atomic E-state index is 5.46. The Labute approximate surface area is 90.5 Å². The summed E-state index contributed by atoms with van der Waals surface area (Å²) in [7, 11) is 0. The van der Waals surface area contributed by atoms with Crippen LogP contribution in [0.15, 0.2) is 29.2 Å². The molecule has 2 aromatic rings. The van der Waals surface area contributed by atoms with Gasteiger partial charge in [-0.25, -0.2) is 0 Å². The molecule has 0 aliphatic carbocycles. The quantitative estimate of drug-likeness (QED) is 0.795. The van der Waals surface area contributed by atoms with Crippen LogP contribution in [0.5, 0.6) is 0 Å². The van der Waals surface area contributed by atoms with Gasteiger partial charge in [0.2, 0.25) is 5.95 Å². The van der Waals surface area contributed by atoms with E-state index in [1.54, 1.807) is 11.8 Å². The molecule has 3 nitrogen and oxygen atoms in total. The Morgan fingerprint density at radius 1 is 1.29 bits per heavy atom. The van der Waals surface area contributed by atoms with Crippen LogP contribution in [0.25, 0.3) is 10.6 Å². The molecule has 0 unspecified atom stereocenters. The average molecular weight is 223 g/mol. The molecule has 0 saturated carbocycles. The van der Waals surface area contributed by atoms with E-state index in [0.29, 0.717) is 5.95 Å². The molecule has 0 saturated heterocycles. The van der Waals surface area contributed by atoms with Gasteiger partial charge in [-0.1, -0.05) is 12.1 Å². The van der Waals surface area contributed by atoms with Gasteiger partial charge in [-0.15, -0.1) is 11.8 Å². The summed E-state index contributed by atoms with van der Waals surface area (Å²) in [6, 6.07) is 8.20. The van der Waals surface area contributed by atoms with Gasteiger partial charge in [0.15, 0.2) is 0 Å². The molecular formula is C9H9N3S2. The van der Waals surface area contributed by atoms with E-state index in [1.807, 2.05) is 12.1 Å². The van der Waals surface area contributed by atoms with Crippen LogP contribution >= 0.6 is 23.3 Å². The maximum absolute atomic E-state index is 5.46. The van der Waals surface area contributed by atoms with Crippen molar-refractivity contribution in [2.45, 2.75) is 4.90 Å². The standard InChI is InChI=1S/C9H9N3S2/c1-13-7-4-2-6(3-5-7)8-11-9(10)12-14-8/h2-5H,1H3,(H2,10,12). The van der Waals surface area contributed by atoms with Gasteiger partial charge in [-0.05, 0) is 29.9 Å². The van der Waals surface area contributed by atoms with Gasteiger partial charge in [0.25, 0.3) is 0 Å². The van der Waals surface area contributed by atoms with E-state index in [1.165, 1.54) is 16.4 Å². The van der Waals surface area contributed by atoms with Crippen LogP contribution in [-0.2, 0) is 0 Å². The van der Waals surface area contributed by atoms with Crippen LogP contribution in [0.3, 0.4) is 0 Å². The van der Waals surface area contributed by atoms with Crippen molar-refractivity contribution in [2.75, 3.05) is 12.0 Å². The molecule has 2 rings (SSSR count). The maximum Gasteiger partial charge on any atom is 0.232 e. The molecule has 5 heteroatoms. The van der Waals surface area contributed by atoms with Crippen molar-refractivity contribution in [1.82, 2.24) is 9.36 Å². The first-order valence-electron chi connectivity index (χ1n) is 4.03. The van der Waals surface area contributed by atoms with Crippen molar-refractivity contribution >= 4 is 29.2 Å². The van der Waals surface area contributed by atoms with E-state index in [4.69, 9.17) is 5.73 Å². The van der Waals surface area contributed by atoms with Crippen molar-refractivity contribution in [3.8, 4) is 10.6 Å². The molecule has 2 N–H and O–H groups in total. The van der Waals surface area contributed by atoms with E-state index in [9.17, 15) is 0 Å². The van der Waals surface area contributed by atoms with Crippen molar-refractivity contribution in [3.05, 3.63) is 24.3 Å². The first-order valence-corrected chi connectivity index (χ1v) is 6.03. The number of benzene rings is 1. The van der Waals surface area contributed by atoms with Crippen molar-refractivity contribution in [2.24, 2.45) is 0 Å². The van der Waals surface area contributed by atoms with Gasteiger partial charge in [0.1, 0.15) is 5.01 Å². The number of anilines is 1. The summed E-state index contributed by atoms with van der Waals surface area (Å²) in [5.74, 6) is 0.346. The van der Waals surface area contributed by atoms with Crippen LogP contribution in [0.1, 0.15) is 0 Å². The van der Waals surface area contributed by atoms with Crippen LogP contribution in [-0.4, -0.2) is 15.6 Å². The van der Waals surface area contributed by atoms with Crippen molar-refractivity contribution in [1.29, 1.82) is 0 Å². The third kappa shape index (κ3) is 1.88. The number of nitrogens with two attached hydrogens (primary N) is 1. The van der Waals surface area contributed by atoms with E-state index < -0.39 is 0 Å². The molecule has 1 heterocycles. The minimum absolute atomic E-state index is 0.346. The molecule has 0 radical (unpaired) electrons. The van der Waals surface area contributed by atoms with Crippen LogP contribution < -0.4 is 5.73 Å². The fourth-order valence-corrected chi connectivity index (χ4v) is 2.09. The Bertz CT molecular complexity index is 422. The highest BCUT2D eigenvalue weighted by atomic mass is 32.2. The predicted octanol–water partition coefficient (Wildman–Crippen LogP) is 2.51. The fourth-order valence-electron chi connectivity index (χ4n) is 1.09. The highest BCUT2D eigenvalue weighted by Gasteiger charge is 2.03. The molecule has 0 aliphatic rings. The second-order valence-corrected chi connectivity index (χ2v) is 4.32. The zero-order valence-corrected chi connectivity index (χ0v) is 9.23. The number of nitrogens with zero attached hydrogens (tertiary/aromatic N) is 2.